The molecule has 1 aliphatic rings. The predicted molar refractivity (Wildman–Crippen MR) is 63.3 cm³/mol. The second-order valence-electron chi connectivity index (χ2n) is 3.01. The van der Waals surface area contributed by atoms with Crippen molar-refractivity contribution in [3.8, 4) is 0 Å². The number of allylic oxidation sites excluding steroid dienone is 2. The lowest BCUT2D eigenvalue weighted by atomic mass is 10.1. The van der Waals surface area contributed by atoms with Crippen LogP contribution in [-0.4, -0.2) is 4.21 Å². The third kappa shape index (κ3) is 1.59. The maximum atomic E-state index is 11.9. The standard InChI is InChI=1S/C10H9IOS/c1-7-9(11)6-8-4-2-3-5-10(8)13(7)12/h2-5H,6H2,1H3. The Bertz CT molecular complexity index is 409. The molecule has 1 aromatic rings. The normalized spacial score (nSPS) is 21.5. The van der Waals surface area contributed by atoms with Crippen LogP contribution in [0.25, 0.3) is 0 Å². The molecule has 3 heteroatoms. The first-order chi connectivity index (χ1) is 6.20. The quantitative estimate of drug-likeness (QED) is 0.673. The van der Waals surface area contributed by atoms with Gasteiger partial charge in [-0.25, -0.2) is 4.21 Å². The highest BCUT2D eigenvalue weighted by Gasteiger charge is 2.19. The minimum atomic E-state index is -0.918. The van der Waals surface area contributed by atoms with Gasteiger partial charge in [-0.1, -0.05) is 18.2 Å². The van der Waals surface area contributed by atoms with E-state index in [-0.39, 0.29) is 0 Å². The van der Waals surface area contributed by atoms with Crippen molar-refractivity contribution in [3.05, 3.63) is 38.3 Å². The molecule has 1 heterocycles. The second-order valence-corrected chi connectivity index (χ2v) is 5.91. The summed E-state index contributed by atoms with van der Waals surface area (Å²) in [7, 11) is -0.918. The lowest BCUT2D eigenvalue weighted by molar-refractivity contribution is 0.685. The van der Waals surface area contributed by atoms with Crippen LogP contribution >= 0.6 is 22.6 Å². The Morgan fingerprint density at radius 2 is 2.08 bits per heavy atom. The summed E-state index contributed by atoms with van der Waals surface area (Å²) in [5, 5.41) is 0. The number of benzene rings is 1. The SMILES string of the molecule is CC1=C(I)Cc2ccccc2S1=O. The van der Waals surface area contributed by atoms with Gasteiger partial charge < -0.3 is 0 Å². The Balaban J connectivity index is 2.59. The summed E-state index contributed by atoms with van der Waals surface area (Å²) >= 11 is 2.28. The summed E-state index contributed by atoms with van der Waals surface area (Å²) in [6.07, 6.45) is 0.939. The fourth-order valence-corrected chi connectivity index (χ4v) is 3.58. The monoisotopic (exact) mass is 304 g/mol. The Morgan fingerprint density at radius 1 is 1.38 bits per heavy atom. The summed E-state index contributed by atoms with van der Waals surface area (Å²) in [5.74, 6) is 0. The number of hydrogen-bond donors (Lipinski definition) is 0. The maximum absolute atomic E-state index is 11.9. The fourth-order valence-electron chi connectivity index (χ4n) is 1.39. The van der Waals surface area contributed by atoms with E-state index in [0.29, 0.717) is 0 Å². The highest BCUT2D eigenvalue weighted by atomic mass is 127. The van der Waals surface area contributed by atoms with Gasteiger partial charge in [-0.15, -0.1) is 0 Å². The van der Waals surface area contributed by atoms with E-state index in [0.717, 1.165) is 16.2 Å². The summed E-state index contributed by atoms with van der Waals surface area (Å²) in [4.78, 5) is 2.00. The summed E-state index contributed by atoms with van der Waals surface area (Å²) < 4.78 is 13.1. The Hall–Kier alpha value is -0.160. The molecule has 0 saturated carbocycles. The molecule has 0 radical (unpaired) electrons. The van der Waals surface area contributed by atoms with Crippen LogP contribution in [0.5, 0.6) is 0 Å². The number of rotatable bonds is 0. The largest absolute Gasteiger partial charge is 0.249 e. The smallest absolute Gasteiger partial charge is 0.0815 e. The highest BCUT2D eigenvalue weighted by Crippen LogP contribution is 2.32. The van der Waals surface area contributed by atoms with E-state index in [1.807, 2.05) is 25.1 Å². The van der Waals surface area contributed by atoms with Gasteiger partial charge >= 0.3 is 0 Å². The van der Waals surface area contributed by atoms with E-state index in [4.69, 9.17) is 0 Å². The van der Waals surface area contributed by atoms with Crippen molar-refractivity contribution in [2.75, 3.05) is 0 Å². The van der Waals surface area contributed by atoms with Crippen LogP contribution in [0.2, 0.25) is 0 Å². The lowest BCUT2D eigenvalue weighted by Gasteiger charge is -2.16. The van der Waals surface area contributed by atoms with Crippen LogP contribution in [0.4, 0.5) is 0 Å². The summed E-state index contributed by atoms with van der Waals surface area (Å²) in [5.41, 5.74) is 1.20. The van der Waals surface area contributed by atoms with Gasteiger partial charge in [-0.05, 0) is 41.1 Å². The van der Waals surface area contributed by atoms with E-state index in [1.54, 1.807) is 0 Å². The molecular weight excluding hydrogens is 295 g/mol. The second kappa shape index (κ2) is 3.53. The lowest BCUT2D eigenvalue weighted by Crippen LogP contribution is -2.06. The summed E-state index contributed by atoms with van der Waals surface area (Å²) in [6.45, 7) is 1.95. The first kappa shape index (κ1) is 9.40. The van der Waals surface area contributed by atoms with Gasteiger partial charge in [0.2, 0.25) is 0 Å². The molecule has 0 fully saturated rings. The molecule has 1 aromatic carbocycles. The zero-order valence-corrected chi connectivity index (χ0v) is 10.2. The number of fused-ring (bicyclic) bond motifs is 1. The van der Waals surface area contributed by atoms with Gasteiger partial charge in [0.25, 0.3) is 0 Å². The van der Waals surface area contributed by atoms with Crippen LogP contribution < -0.4 is 0 Å². The van der Waals surface area contributed by atoms with Gasteiger partial charge in [0.15, 0.2) is 0 Å². The van der Waals surface area contributed by atoms with Gasteiger partial charge in [0, 0.05) is 19.8 Å². The molecule has 0 N–H and O–H groups in total. The molecule has 2 rings (SSSR count). The van der Waals surface area contributed by atoms with Crippen molar-refractivity contribution in [1.82, 2.24) is 0 Å². The maximum Gasteiger partial charge on any atom is 0.0815 e. The number of hydrogen-bond acceptors (Lipinski definition) is 1. The van der Waals surface area contributed by atoms with Crippen molar-refractivity contribution in [2.24, 2.45) is 0 Å². The van der Waals surface area contributed by atoms with Crippen molar-refractivity contribution in [3.63, 3.8) is 0 Å². The third-order valence-electron chi connectivity index (χ3n) is 2.18. The Morgan fingerprint density at radius 3 is 2.85 bits per heavy atom. The van der Waals surface area contributed by atoms with Crippen molar-refractivity contribution >= 4 is 33.4 Å². The third-order valence-corrected chi connectivity index (χ3v) is 5.33. The zero-order valence-electron chi connectivity index (χ0n) is 7.21. The molecule has 1 atom stereocenters. The van der Waals surface area contributed by atoms with E-state index >= 15 is 0 Å². The first-order valence-electron chi connectivity index (χ1n) is 4.05. The topological polar surface area (TPSA) is 17.1 Å². The minimum Gasteiger partial charge on any atom is -0.249 e. The van der Waals surface area contributed by atoms with E-state index < -0.39 is 10.8 Å². The molecule has 68 valence electrons. The average Bonchev–Trinajstić information content (AvgIpc) is 2.15. The summed E-state index contributed by atoms with van der Waals surface area (Å²) in [6, 6.07) is 7.96. The average molecular weight is 304 g/mol. The van der Waals surface area contributed by atoms with Crippen LogP contribution in [0.15, 0.2) is 37.6 Å². The molecule has 0 aromatic heterocycles. The molecule has 0 spiro atoms. The zero-order chi connectivity index (χ0) is 9.42. The minimum absolute atomic E-state index is 0.918. The molecule has 0 aliphatic carbocycles. The van der Waals surface area contributed by atoms with Gasteiger partial charge in [-0.2, -0.15) is 0 Å². The van der Waals surface area contributed by atoms with Crippen LogP contribution in [0.1, 0.15) is 12.5 Å². The first-order valence-corrected chi connectivity index (χ1v) is 6.28. The fraction of sp³-hybridized carbons (Fsp3) is 0.200. The molecule has 0 amide bonds. The molecular formula is C10H9IOS. The van der Waals surface area contributed by atoms with E-state index in [2.05, 4.69) is 28.7 Å². The van der Waals surface area contributed by atoms with E-state index in [9.17, 15) is 4.21 Å². The van der Waals surface area contributed by atoms with Crippen LogP contribution in [0, 0.1) is 0 Å². The molecule has 13 heavy (non-hydrogen) atoms. The van der Waals surface area contributed by atoms with E-state index in [1.165, 1.54) is 9.14 Å². The Kier molecular flexibility index (Phi) is 2.55. The molecule has 1 unspecified atom stereocenters. The van der Waals surface area contributed by atoms with Gasteiger partial charge in [0.05, 0.1) is 10.8 Å². The van der Waals surface area contributed by atoms with Crippen molar-refractivity contribution in [1.29, 1.82) is 0 Å². The molecule has 0 saturated heterocycles. The highest BCUT2D eigenvalue weighted by molar-refractivity contribution is 14.1. The van der Waals surface area contributed by atoms with Crippen molar-refractivity contribution < 1.29 is 4.21 Å². The van der Waals surface area contributed by atoms with Gasteiger partial charge in [-0.3, -0.25) is 0 Å². The van der Waals surface area contributed by atoms with Crippen LogP contribution in [-0.2, 0) is 17.2 Å². The Labute approximate surface area is 93.8 Å². The molecule has 0 bridgehead atoms. The predicted octanol–water partition coefficient (Wildman–Crippen LogP) is 3.02. The van der Waals surface area contributed by atoms with Crippen LogP contribution in [0.3, 0.4) is 0 Å². The van der Waals surface area contributed by atoms with Gasteiger partial charge in [0.1, 0.15) is 0 Å². The molecule has 1 nitrogen and oxygen atoms in total. The van der Waals surface area contributed by atoms with Crippen molar-refractivity contribution in [2.45, 2.75) is 18.2 Å². The number of halogens is 1. The molecule has 1 aliphatic heterocycles.